The molecule has 0 aliphatic heterocycles. The van der Waals surface area contributed by atoms with Crippen molar-refractivity contribution >= 4 is 21.6 Å². The second-order valence-electron chi connectivity index (χ2n) is 5.52. The Morgan fingerprint density at radius 1 is 1.12 bits per heavy atom. The molecule has 2 aromatic rings. The van der Waals surface area contributed by atoms with Gasteiger partial charge in [0.2, 0.25) is 10.0 Å². The van der Waals surface area contributed by atoms with Crippen molar-refractivity contribution in [2.24, 2.45) is 0 Å². The van der Waals surface area contributed by atoms with E-state index in [1.807, 2.05) is 31.2 Å². The van der Waals surface area contributed by atoms with Gasteiger partial charge in [-0.25, -0.2) is 8.42 Å². The quantitative estimate of drug-likeness (QED) is 0.793. The molecule has 0 bridgehead atoms. The minimum absolute atomic E-state index is 0.00827. The first-order valence-corrected chi connectivity index (χ1v) is 9.56. The Morgan fingerprint density at radius 2 is 1.76 bits per heavy atom. The second-order valence-corrected chi connectivity index (χ2v) is 7.53. The van der Waals surface area contributed by atoms with Crippen LogP contribution in [0.3, 0.4) is 0 Å². The number of benzene rings is 2. The number of rotatable bonds is 7. The van der Waals surface area contributed by atoms with Gasteiger partial charge in [0.15, 0.2) is 0 Å². The summed E-state index contributed by atoms with van der Waals surface area (Å²) in [4.78, 5) is 12.4. The van der Waals surface area contributed by atoms with Gasteiger partial charge in [-0.1, -0.05) is 18.2 Å². The number of sulfonamides is 1. The highest BCUT2D eigenvalue weighted by Crippen LogP contribution is 2.24. The third kappa shape index (κ3) is 4.96. The summed E-state index contributed by atoms with van der Waals surface area (Å²) in [7, 11) is -1.75. The summed E-state index contributed by atoms with van der Waals surface area (Å²) in [6.45, 7) is 3.43. The van der Waals surface area contributed by atoms with Crippen LogP contribution in [0.4, 0.5) is 5.69 Å². The van der Waals surface area contributed by atoms with E-state index in [1.54, 1.807) is 38.3 Å². The third-order valence-corrected chi connectivity index (χ3v) is 5.06. The molecule has 1 atom stereocenters. The van der Waals surface area contributed by atoms with Gasteiger partial charge in [0.25, 0.3) is 5.91 Å². The Balaban J connectivity index is 2.08. The smallest absolute Gasteiger partial charge is 0.251 e. The number of hydrogen-bond donors (Lipinski definition) is 2. The lowest BCUT2D eigenvalue weighted by atomic mass is 10.1. The first kappa shape index (κ1) is 18.8. The maximum Gasteiger partial charge on any atom is 0.251 e. The molecule has 134 valence electrons. The predicted molar refractivity (Wildman–Crippen MR) is 98.4 cm³/mol. The van der Waals surface area contributed by atoms with E-state index in [1.165, 1.54) is 0 Å². The van der Waals surface area contributed by atoms with Crippen molar-refractivity contribution in [3.63, 3.8) is 0 Å². The van der Waals surface area contributed by atoms with E-state index in [-0.39, 0.29) is 17.7 Å². The van der Waals surface area contributed by atoms with Crippen LogP contribution in [0.2, 0.25) is 0 Å². The highest BCUT2D eigenvalue weighted by Gasteiger charge is 2.15. The SMILES string of the molecule is CCS(=O)(=O)Nc1ccc(C(=O)NC(C)c2ccccc2OC)cc1. The minimum atomic E-state index is -3.33. The number of hydrogen-bond acceptors (Lipinski definition) is 4. The van der Waals surface area contributed by atoms with Crippen LogP contribution >= 0.6 is 0 Å². The third-order valence-electron chi connectivity index (χ3n) is 3.75. The number of carbonyl (C=O) groups is 1. The lowest BCUT2D eigenvalue weighted by Crippen LogP contribution is -2.27. The zero-order valence-corrected chi connectivity index (χ0v) is 15.3. The summed E-state index contributed by atoms with van der Waals surface area (Å²) in [6.07, 6.45) is 0. The van der Waals surface area contributed by atoms with Crippen LogP contribution in [-0.2, 0) is 10.0 Å². The first-order valence-electron chi connectivity index (χ1n) is 7.90. The van der Waals surface area contributed by atoms with Gasteiger partial charge in [-0.2, -0.15) is 0 Å². The molecule has 25 heavy (non-hydrogen) atoms. The Morgan fingerprint density at radius 3 is 2.36 bits per heavy atom. The summed E-state index contributed by atoms with van der Waals surface area (Å²) in [5, 5.41) is 2.91. The second kappa shape index (κ2) is 8.02. The molecule has 2 aromatic carbocycles. The molecule has 1 unspecified atom stereocenters. The Bertz CT molecular complexity index is 832. The Labute approximate surface area is 148 Å². The van der Waals surface area contributed by atoms with Crippen molar-refractivity contribution in [3.8, 4) is 5.75 Å². The molecule has 0 saturated heterocycles. The van der Waals surface area contributed by atoms with Crippen LogP contribution in [0.5, 0.6) is 5.75 Å². The fourth-order valence-corrected chi connectivity index (χ4v) is 2.96. The van der Waals surface area contributed by atoms with Crippen LogP contribution in [0.15, 0.2) is 48.5 Å². The van der Waals surface area contributed by atoms with Crippen molar-refractivity contribution in [2.75, 3.05) is 17.6 Å². The van der Waals surface area contributed by atoms with Crippen LogP contribution in [0, 0.1) is 0 Å². The van der Waals surface area contributed by atoms with Crippen LogP contribution in [-0.4, -0.2) is 27.2 Å². The highest BCUT2D eigenvalue weighted by atomic mass is 32.2. The van der Waals surface area contributed by atoms with Crippen molar-refractivity contribution in [1.82, 2.24) is 5.32 Å². The number of amides is 1. The number of anilines is 1. The first-order chi connectivity index (χ1) is 11.9. The molecule has 0 saturated carbocycles. The van der Waals surface area contributed by atoms with Crippen LogP contribution in [0.25, 0.3) is 0 Å². The standard InChI is InChI=1S/C18H22N2O4S/c1-4-25(22,23)20-15-11-9-14(10-12-15)18(21)19-13(2)16-7-5-6-8-17(16)24-3/h5-13,20H,4H2,1-3H3,(H,19,21). The van der Waals surface area contributed by atoms with Gasteiger partial charge in [-0.3, -0.25) is 9.52 Å². The average Bonchev–Trinajstić information content (AvgIpc) is 2.61. The van der Waals surface area contributed by atoms with Gasteiger partial charge in [0.1, 0.15) is 5.75 Å². The molecule has 0 fully saturated rings. The average molecular weight is 362 g/mol. The van der Waals surface area contributed by atoms with Crippen LogP contribution in [0.1, 0.15) is 35.8 Å². The van der Waals surface area contributed by atoms with Gasteiger partial charge in [-0.15, -0.1) is 0 Å². The largest absolute Gasteiger partial charge is 0.496 e. The number of methoxy groups -OCH3 is 1. The topological polar surface area (TPSA) is 84.5 Å². The maximum atomic E-state index is 12.4. The van der Waals surface area contributed by atoms with Crippen molar-refractivity contribution in [2.45, 2.75) is 19.9 Å². The predicted octanol–water partition coefficient (Wildman–Crippen LogP) is 2.95. The van der Waals surface area contributed by atoms with E-state index in [0.29, 0.717) is 17.0 Å². The fraction of sp³-hybridized carbons (Fsp3) is 0.278. The molecule has 2 N–H and O–H groups in total. The van der Waals surface area contributed by atoms with E-state index in [0.717, 1.165) is 5.56 Å². The number of nitrogens with one attached hydrogen (secondary N) is 2. The monoisotopic (exact) mass is 362 g/mol. The molecule has 7 heteroatoms. The molecule has 0 heterocycles. The fourth-order valence-electron chi connectivity index (χ4n) is 2.32. The summed E-state index contributed by atoms with van der Waals surface area (Å²) >= 11 is 0. The molecular formula is C18H22N2O4S. The summed E-state index contributed by atoms with van der Waals surface area (Å²) in [5.74, 6) is 0.453. The number of para-hydroxylation sites is 1. The molecule has 0 radical (unpaired) electrons. The lowest BCUT2D eigenvalue weighted by molar-refractivity contribution is 0.0939. The molecule has 0 spiro atoms. The van der Waals surface area contributed by atoms with Crippen molar-refractivity contribution in [3.05, 3.63) is 59.7 Å². The molecule has 0 aliphatic rings. The van der Waals surface area contributed by atoms with Crippen LogP contribution < -0.4 is 14.8 Å². The Hall–Kier alpha value is -2.54. The summed E-state index contributed by atoms with van der Waals surface area (Å²) in [6, 6.07) is 13.5. The molecular weight excluding hydrogens is 340 g/mol. The van der Waals surface area contributed by atoms with Gasteiger partial charge in [0, 0.05) is 16.8 Å². The van der Waals surface area contributed by atoms with E-state index < -0.39 is 10.0 Å². The maximum absolute atomic E-state index is 12.4. The van der Waals surface area contributed by atoms with Gasteiger partial charge in [0.05, 0.1) is 18.9 Å². The zero-order valence-electron chi connectivity index (χ0n) is 14.4. The van der Waals surface area contributed by atoms with E-state index in [4.69, 9.17) is 4.74 Å². The molecule has 0 aromatic heterocycles. The van der Waals surface area contributed by atoms with Gasteiger partial charge in [-0.05, 0) is 44.2 Å². The van der Waals surface area contributed by atoms with E-state index in [2.05, 4.69) is 10.0 Å². The van der Waals surface area contributed by atoms with E-state index >= 15 is 0 Å². The summed E-state index contributed by atoms with van der Waals surface area (Å²) in [5.41, 5.74) is 1.75. The van der Waals surface area contributed by atoms with Gasteiger partial charge < -0.3 is 10.1 Å². The highest BCUT2D eigenvalue weighted by molar-refractivity contribution is 7.92. The lowest BCUT2D eigenvalue weighted by Gasteiger charge is -2.17. The normalized spacial score (nSPS) is 12.3. The molecule has 1 amide bonds. The van der Waals surface area contributed by atoms with E-state index in [9.17, 15) is 13.2 Å². The van der Waals surface area contributed by atoms with Crippen molar-refractivity contribution < 1.29 is 17.9 Å². The Kier molecular flexibility index (Phi) is 6.03. The zero-order chi connectivity index (χ0) is 18.4. The molecule has 2 rings (SSSR count). The summed E-state index contributed by atoms with van der Waals surface area (Å²) < 4.78 is 30.8. The molecule has 6 nitrogen and oxygen atoms in total. The number of ether oxygens (including phenoxy) is 1. The minimum Gasteiger partial charge on any atom is -0.496 e. The van der Waals surface area contributed by atoms with Crippen molar-refractivity contribution in [1.29, 1.82) is 0 Å². The molecule has 0 aliphatic carbocycles. The van der Waals surface area contributed by atoms with Gasteiger partial charge >= 0.3 is 0 Å². The number of carbonyl (C=O) groups excluding carboxylic acids is 1.